The van der Waals surface area contributed by atoms with Crippen LogP contribution in [0.5, 0.6) is 5.75 Å². The number of fused-ring (bicyclic) bond motifs is 1. The summed E-state index contributed by atoms with van der Waals surface area (Å²) in [7, 11) is -2.46. The zero-order valence-corrected chi connectivity index (χ0v) is 15.1. The molecule has 0 aliphatic heterocycles. The van der Waals surface area contributed by atoms with Crippen LogP contribution in [0, 0.1) is 0 Å². The highest BCUT2D eigenvalue weighted by molar-refractivity contribution is 7.90. The van der Waals surface area contributed by atoms with Gasteiger partial charge < -0.3 is 10.1 Å². The van der Waals surface area contributed by atoms with Gasteiger partial charge in [0, 0.05) is 35.9 Å². The molecule has 0 radical (unpaired) electrons. The Kier molecular flexibility index (Phi) is 4.21. The van der Waals surface area contributed by atoms with Gasteiger partial charge in [0.25, 0.3) is 10.0 Å². The Labute approximate surface area is 155 Å². The van der Waals surface area contributed by atoms with Gasteiger partial charge in [0.05, 0.1) is 7.11 Å². The smallest absolute Gasteiger partial charge is 0.273 e. The van der Waals surface area contributed by atoms with Crippen molar-refractivity contribution in [3.05, 3.63) is 67.3 Å². The summed E-state index contributed by atoms with van der Waals surface area (Å²) in [6.07, 6.45) is 6.29. The molecular weight excluding hydrogens is 366 g/mol. The predicted molar refractivity (Wildman–Crippen MR) is 101 cm³/mol. The van der Waals surface area contributed by atoms with Crippen LogP contribution in [0.2, 0.25) is 0 Å². The standard InChI is InChI=1S/C18H15N5O3S/c1-26-15-4-2-3-5-16(15)27(24,25)23-11-8-13-12-20-18(22-17(13)23)21-14-6-9-19-10-7-14/h2-12H,1H3,(H,19,20,21,22). The van der Waals surface area contributed by atoms with E-state index in [1.54, 1.807) is 55.0 Å². The monoisotopic (exact) mass is 381 g/mol. The van der Waals surface area contributed by atoms with Crippen molar-refractivity contribution in [3.63, 3.8) is 0 Å². The van der Waals surface area contributed by atoms with Gasteiger partial charge in [-0.15, -0.1) is 0 Å². The Morgan fingerprint density at radius 1 is 1.07 bits per heavy atom. The van der Waals surface area contributed by atoms with Crippen molar-refractivity contribution in [2.75, 3.05) is 12.4 Å². The van der Waals surface area contributed by atoms with Crippen LogP contribution in [0.25, 0.3) is 11.0 Å². The molecule has 136 valence electrons. The predicted octanol–water partition coefficient (Wildman–Crippen LogP) is 2.82. The van der Waals surface area contributed by atoms with E-state index in [0.717, 1.165) is 9.66 Å². The number of aromatic nitrogens is 4. The van der Waals surface area contributed by atoms with Crippen LogP contribution < -0.4 is 10.1 Å². The number of para-hydroxylation sites is 1. The lowest BCUT2D eigenvalue weighted by Gasteiger charge is -2.11. The number of hydrogen-bond donors (Lipinski definition) is 1. The number of benzene rings is 1. The van der Waals surface area contributed by atoms with Gasteiger partial charge in [-0.25, -0.2) is 17.4 Å². The van der Waals surface area contributed by atoms with E-state index in [2.05, 4.69) is 20.3 Å². The lowest BCUT2D eigenvalue weighted by atomic mass is 10.3. The van der Waals surface area contributed by atoms with Crippen LogP contribution in [0.1, 0.15) is 0 Å². The zero-order valence-electron chi connectivity index (χ0n) is 14.3. The molecule has 0 amide bonds. The van der Waals surface area contributed by atoms with E-state index in [9.17, 15) is 8.42 Å². The summed E-state index contributed by atoms with van der Waals surface area (Å²) in [5, 5.41) is 3.64. The molecule has 0 atom stereocenters. The summed E-state index contributed by atoms with van der Waals surface area (Å²) in [6, 6.07) is 11.6. The van der Waals surface area contributed by atoms with Crippen LogP contribution in [0.15, 0.2) is 72.1 Å². The number of nitrogens with zero attached hydrogens (tertiary/aromatic N) is 4. The van der Waals surface area contributed by atoms with Crippen LogP contribution in [-0.4, -0.2) is 34.5 Å². The van der Waals surface area contributed by atoms with Gasteiger partial charge >= 0.3 is 0 Å². The van der Waals surface area contributed by atoms with Crippen molar-refractivity contribution in [1.82, 2.24) is 18.9 Å². The number of anilines is 2. The average molecular weight is 381 g/mol. The fourth-order valence-electron chi connectivity index (χ4n) is 2.65. The fourth-order valence-corrected chi connectivity index (χ4v) is 4.11. The second-order valence-electron chi connectivity index (χ2n) is 5.60. The molecule has 0 fully saturated rings. The molecule has 1 aromatic carbocycles. The van der Waals surface area contributed by atoms with Gasteiger partial charge in [0.2, 0.25) is 5.95 Å². The third-order valence-corrected chi connectivity index (χ3v) is 5.64. The van der Waals surface area contributed by atoms with Gasteiger partial charge in [-0.2, -0.15) is 4.98 Å². The van der Waals surface area contributed by atoms with Crippen LogP contribution in [-0.2, 0) is 10.0 Å². The van der Waals surface area contributed by atoms with Crippen molar-refractivity contribution in [2.45, 2.75) is 4.90 Å². The third-order valence-electron chi connectivity index (χ3n) is 3.94. The lowest BCUT2D eigenvalue weighted by Crippen LogP contribution is -2.14. The Bertz CT molecular complexity index is 1210. The molecule has 9 heteroatoms. The second kappa shape index (κ2) is 6.69. The summed E-state index contributed by atoms with van der Waals surface area (Å²) in [5.74, 6) is 0.549. The first kappa shape index (κ1) is 17.0. The molecule has 0 aliphatic rings. The van der Waals surface area contributed by atoms with E-state index < -0.39 is 10.0 Å². The van der Waals surface area contributed by atoms with Crippen LogP contribution in [0.4, 0.5) is 11.6 Å². The number of nitrogens with one attached hydrogen (secondary N) is 1. The quantitative estimate of drug-likeness (QED) is 0.567. The van der Waals surface area contributed by atoms with Crippen molar-refractivity contribution in [1.29, 1.82) is 0 Å². The molecule has 0 saturated carbocycles. The average Bonchev–Trinajstić information content (AvgIpc) is 3.13. The van der Waals surface area contributed by atoms with Gasteiger partial charge in [-0.05, 0) is 30.3 Å². The van der Waals surface area contributed by atoms with E-state index in [4.69, 9.17) is 4.74 Å². The summed E-state index contributed by atoms with van der Waals surface area (Å²) in [5.41, 5.74) is 1.02. The minimum atomic E-state index is -3.89. The molecule has 0 aliphatic carbocycles. The molecular formula is C18H15N5O3S. The highest BCUT2D eigenvalue weighted by atomic mass is 32.2. The molecule has 0 spiro atoms. The number of hydrogen-bond acceptors (Lipinski definition) is 7. The van der Waals surface area contributed by atoms with Gasteiger partial charge in [0.1, 0.15) is 10.6 Å². The molecule has 27 heavy (non-hydrogen) atoms. The van der Waals surface area contributed by atoms with Gasteiger partial charge in [-0.1, -0.05) is 12.1 Å². The van der Waals surface area contributed by atoms with Crippen LogP contribution >= 0.6 is 0 Å². The number of methoxy groups -OCH3 is 1. The van der Waals surface area contributed by atoms with E-state index in [-0.39, 0.29) is 22.2 Å². The molecule has 0 bridgehead atoms. The summed E-state index contributed by atoms with van der Waals surface area (Å²) < 4.78 is 32.6. The third kappa shape index (κ3) is 3.08. The minimum Gasteiger partial charge on any atom is -0.495 e. The van der Waals surface area contributed by atoms with E-state index >= 15 is 0 Å². The second-order valence-corrected chi connectivity index (χ2v) is 7.38. The van der Waals surface area contributed by atoms with Crippen LogP contribution in [0.3, 0.4) is 0 Å². The molecule has 3 aromatic heterocycles. The Morgan fingerprint density at radius 3 is 2.63 bits per heavy atom. The highest BCUT2D eigenvalue weighted by Gasteiger charge is 2.23. The molecule has 8 nitrogen and oxygen atoms in total. The Morgan fingerprint density at radius 2 is 1.85 bits per heavy atom. The fraction of sp³-hybridized carbons (Fsp3) is 0.0556. The van der Waals surface area contributed by atoms with E-state index in [1.165, 1.54) is 19.4 Å². The number of pyridine rings is 1. The molecule has 4 aromatic rings. The molecule has 0 unspecified atom stereocenters. The van der Waals surface area contributed by atoms with E-state index in [0.29, 0.717) is 5.39 Å². The number of ether oxygens (including phenoxy) is 1. The maximum absolute atomic E-state index is 13.2. The topological polar surface area (TPSA) is 99.0 Å². The first-order chi connectivity index (χ1) is 13.1. The van der Waals surface area contributed by atoms with Crippen molar-refractivity contribution >= 4 is 32.7 Å². The normalized spacial score (nSPS) is 11.4. The first-order valence-electron chi connectivity index (χ1n) is 7.99. The minimum absolute atomic E-state index is 0.0623. The van der Waals surface area contributed by atoms with Crippen molar-refractivity contribution in [3.8, 4) is 5.75 Å². The summed E-state index contributed by atoms with van der Waals surface area (Å²) in [4.78, 5) is 12.6. The summed E-state index contributed by atoms with van der Waals surface area (Å²) >= 11 is 0. The van der Waals surface area contributed by atoms with Crippen molar-refractivity contribution < 1.29 is 13.2 Å². The highest BCUT2D eigenvalue weighted by Crippen LogP contribution is 2.28. The van der Waals surface area contributed by atoms with Gasteiger partial charge in [0.15, 0.2) is 5.65 Å². The van der Waals surface area contributed by atoms with Gasteiger partial charge in [-0.3, -0.25) is 4.98 Å². The first-order valence-corrected chi connectivity index (χ1v) is 9.43. The SMILES string of the molecule is COc1ccccc1S(=O)(=O)n1ccc2cnc(Nc3ccncc3)nc21. The molecule has 4 rings (SSSR count). The largest absolute Gasteiger partial charge is 0.495 e. The Balaban J connectivity index is 1.81. The molecule has 3 heterocycles. The summed E-state index contributed by atoms with van der Waals surface area (Å²) in [6.45, 7) is 0. The molecule has 1 N–H and O–H groups in total. The maximum atomic E-state index is 13.2. The van der Waals surface area contributed by atoms with E-state index in [1.807, 2.05) is 0 Å². The zero-order chi connectivity index (χ0) is 18.9. The molecule has 0 saturated heterocycles. The Hall–Kier alpha value is -3.46. The van der Waals surface area contributed by atoms with Crippen molar-refractivity contribution in [2.24, 2.45) is 0 Å². The lowest BCUT2D eigenvalue weighted by molar-refractivity contribution is 0.402. The maximum Gasteiger partial charge on any atom is 0.273 e. The number of rotatable bonds is 5.